The van der Waals surface area contributed by atoms with Crippen LogP contribution in [0.5, 0.6) is 0 Å². The summed E-state index contributed by atoms with van der Waals surface area (Å²) < 4.78 is 5.57. The predicted octanol–water partition coefficient (Wildman–Crippen LogP) is 3.77. The van der Waals surface area contributed by atoms with E-state index in [1.54, 1.807) is 0 Å². The first-order valence-corrected chi connectivity index (χ1v) is 11.1. The smallest absolute Gasteiger partial charge is 0.407 e. The number of carbonyl (C=O) groups excluding carboxylic acids is 2. The zero-order chi connectivity index (χ0) is 22.7. The lowest BCUT2D eigenvalue weighted by Gasteiger charge is -2.24. The number of carboxylic acids is 1. The molecule has 0 aromatic heterocycles. The van der Waals surface area contributed by atoms with E-state index in [4.69, 9.17) is 9.84 Å². The number of carbonyl (C=O) groups is 3. The molecule has 0 unspecified atom stereocenters. The molecule has 1 fully saturated rings. The number of ether oxygens (including phenoxy) is 1. The molecule has 4 rings (SSSR count). The zero-order valence-electron chi connectivity index (χ0n) is 18.1. The molecule has 0 aliphatic heterocycles. The van der Waals surface area contributed by atoms with Gasteiger partial charge in [-0.2, -0.15) is 0 Å². The molecular formula is C25H28N2O5. The fourth-order valence-corrected chi connectivity index (χ4v) is 4.39. The van der Waals surface area contributed by atoms with E-state index in [-0.39, 0.29) is 37.4 Å². The van der Waals surface area contributed by atoms with Crippen LogP contribution >= 0.6 is 0 Å². The van der Waals surface area contributed by atoms with Gasteiger partial charge in [-0.3, -0.25) is 9.59 Å². The van der Waals surface area contributed by atoms with Crippen LogP contribution in [0.1, 0.15) is 49.7 Å². The summed E-state index contributed by atoms with van der Waals surface area (Å²) in [6.45, 7) is 1.78. The third kappa shape index (κ3) is 4.77. The Morgan fingerprint density at radius 2 is 1.66 bits per heavy atom. The number of nitrogens with one attached hydrogen (secondary N) is 1. The fraction of sp³-hybridized carbons (Fsp3) is 0.400. The van der Waals surface area contributed by atoms with E-state index < -0.39 is 18.1 Å². The van der Waals surface area contributed by atoms with Crippen molar-refractivity contribution in [1.29, 1.82) is 0 Å². The Morgan fingerprint density at radius 3 is 2.19 bits per heavy atom. The molecule has 2 N–H and O–H groups in total. The molecule has 1 saturated carbocycles. The molecule has 7 nitrogen and oxygen atoms in total. The van der Waals surface area contributed by atoms with Gasteiger partial charge in [0.2, 0.25) is 5.91 Å². The van der Waals surface area contributed by atoms with Crippen LogP contribution in [0.15, 0.2) is 48.5 Å². The van der Waals surface area contributed by atoms with Crippen LogP contribution in [0.25, 0.3) is 11.1 Å². The van der Waals surface area contributed by atoms with Crippen LogP contribution in [0, 0.1) is 0 Å². The minimum absolute atomic E-state index is 0.00515. The molecule has 2 aromatic rings. The third-order valence-electron chi connectivity index (χ3n) is 6.19. The summed E-state index contributed by atoms with van der Waals surface area (Å²) in [5.41, 5.74) is 4.59. The summed E-state index contributed by atoms with van der Waals surface area (Å²) in [6, 6.07) is 15.9. The summed E-state index contributed by atoms with van der Waals surface area (Å²) in [7, 11) is 0. The topological polar surface area (TPSA) is 95.9 Å². The molecule has 2 aliphatic carbocycles. The van der Waals surface area contributed by atoms with Gasteiger partial charge in [0.05, 0.1) is 0 Å². The minimum atomic E-state index is -1.03. The lowest BCUT2D eigenvalue weighted by atomic mass is 9.98. The maximum atomic E-state index is 12.6. The molecule has 0 spiro atoms. The first kappa shape index (κ1) is 21.9. The molecule has 0 saturated heterocycles. The van der Waals surface area contributed by atoms with Crippen LogP contribution in [0.3, 0.4) is 0 Å². The van der Waals surface area contributed by atoms with Gasteiger partial charge in [0.1, 0.15) is 13.2 Å². The van der Waals surface area contributed by atoms with Crippen LogP contribution in [-0.4, -0.2) is 53.2 Å². The third-order valence-corrected chi connectivity index (χ3v) is 6.19. The molecule has 2 aromatic carbocycles. The second kappa shape index (κ2) is 9.42. The Kier molecular flexibility index (Phi) is 6.44. The lowest BCUT2D eigenvalue weighted by Crippen LogP contribution is -2.43. The molecule has 0 radical (unpaired) electrons. The first-order chi connectivity index (χ1) is 15.5. The summed E-state index contributed by atoms with van der Waals surface area (Å²) >= 11 is 0. The average molecular weight is 437 g/mol. The van der Waals surface area contributed by atoms with Crippen LogP contribution in [0.2, 0.25) is 0 Å². The Labute approximate surface area is 187 Å². The molecule has 1 atom stereocenters. The van der Waals surface area contributed by atoms with E-state index in [1.165, 1.54) is 4.90 Å². The van der Waals surface area contributed by atoms with Gasteiger partial charge in [-0.05, 0) is 41.5 Å². The Bertz CT molecular complexity index is 971. The second-order valence-electron chi connectivity index (χ2n) is 8.43. The first-order valence-electron chi connectivity index (χ1n) is 11.1. The molecule has 32 heavy (non-hydrogen) atoms. The highest BCUT2D eigenvalue weighted by molar-refractivity contribution is 5.83. The van der Waals surface area contributed by atoms with Crippen molar-refractivity contribution in [2.75, 3.05) is 13.2 Å². The van der Waals surface area contributed by atoms with Crippen molar-refractivity contribution in [3.63, 3.8) is 0 Å². The molecule has 0 bridgehead atoms. The molecule has 7 heteroatoms. The van der Waals surface area contributed by atoms with E-state index in [0.29, 0.717) is 6.42 Å². The highest BCUT2D eigenvalue weighted by atomic mass is 16.5. The normalized spacial score (nSPS) is 15.4. The van der Waals surface area contributed by atoms with Crippen molar-refractivity contribution >= 4 is 18.0 Å². The maximum absolute atomic E-state index is 12.6. The molecule has 2 aliphatic rings. The van der Waals surface area contributed by atoms with Crippen molar-refractivity contribution in [3.8, 4) is 11.1 Å². The largest absolute Gasteiger partial charge is 0.480 e. The van der Waals surface area contributed by atoms with Crippen molar-refractivity contribution in [3.05, 3.63) is 59.7 Å². The van der Waals surface area contributed by atoms with Gasteiger partial charge >= 0.3 is 12.1 Å². The summed E-state index contributed by atoms with van der Waals surface area (Å²) in [6.07, 6.45) is 1.69. The summed E-state index contributed by atoms with van der Waals surface area (Å²) in [5.74, 6) is -1.31. The number of hydrogen-bond acceptors (Lipinski definition) is 4. The lowest BCUT2D eigenvalue weighted by molar-refractivity contribution is -0.145. The quantitative estimate of drug-likeness (QED) is 0.624. The van der Waals surface area contributed by atoms with Crippen molar-refractivity contribution in [1.82, 2.24) is 10.2 Å². The Balaban J connectivity index is 1.35. The van der Waals surface area contributed by atoms with Gasteiger partial charge in [0, 0.05) is 24.4 Å². The van der Waals surface area contributed by atoms with Crippen molar-refractivity contribution in [2.24, 2.45) is 0 Å². The van der Waals surface area contributed by atoms with Crippen molar-refractivity contribution in [2.45, 2.75) is 50.6 Å². The fourth-order valence-electron chi connectivity index (χ4n) is 4.39. The minimum Gasteiger partial charge on any atom is -0.480 e. The van der Waals surface area contributed by atoms with E-state index in [1.807, 2.05) is 31.2 Å². The van der Waals surface area contributed by atoms with Gasteiger partial charge in [-0.15, -0.1) is 0 Å². The zero-order valence-corrected chi connectivity index (χ0v) is 18.1. The van der Waals surface area contributed by atoms with Gasteiger partial charge in [0.15, 0.2) is 0 Å². The van der Waals surface area contributed by atoms with Crippen LogP contribution in [-0.2, 0) is 14.3 Å². The molecule has 0 heterocycles. The van der Waals surface area contributed by atoms with Gasteiger partial charge in [0.25, 0.3) is 0 Å². The number of hydrogen-bond donors (Lipinski definition) is 2. The van der Waals surface area contributed by atoms with Gasteiger partial charge in [-0.25, -0.2) is 4.79 Å². The SMILES string of the molecule is CC[C@@H](CC(=O)N(CC(=O)O)C1CC1)NC(=O)OCC1c2ccccc2-c2ccccc21. The molecule has 2 amide bonds. The van der Waals surface area contributed by atoms with Gasteiger partial charge < -0.3 is 20.1 Å². The van der Waals surface area contributed by atoms with E-state index in [9.17, 15) is 14.4 Å². The standard InChI is InChI=1S/C25H28N2O5/c1-2-16(13-23(28)27(14-24(29)30)17-11-12-17)26-25(31)32-15-22-20-9-5-3-7-18(20)19-8-4-6-10-21(19)22/h3-10,16-17,22H,2,11-15H2,1H3,(H,26,31)(H,29,30)/t16-/m0/s1. The maximum Gasteiger partial charge on any atom is 0.407 e. The number of aliphatic carboxylic acids is 1. The highest BCUT2D eigenvalue weighted by Gasteiger charge is 2.35. The number of benzene rings is 2. The van der Waals surface area contributed by atoms with E-state index in [0.717, 1.165) is 35.1 Å². The molecular weight excluding hydrogens is 408 g/mol. The van der Waals surface area contributed by atoms with E-state index >= 15 is 0 Å². The molecule has 168 valence electrons. The highest BCUT2D eigenvalue weighted by Crippen LogP contribution is 2.44. The number of amides is 2. The summed E-state index contributed by atoms with van der Waals surface area (Å²) in [5, 5.41) is 11.9. The monoisotopic (exact) mass is 436 g/mol. The number of alkyl carbamates (subject to hydrolysis) is 1. The number of rotatable bonds is 9. The van der Waals surface area contributed by atoms with Crippen LogP contribution in [0.4, 0.5) is 4.79 Å². The average Bonchev–Trinajstić information content (AvgIpc) is 3.58. The Morgan fingerprint density at radius 1 is 1.06 bits per heavy atom. The number of nitrogens with zero attached hydrogens (tertiary/aromatic N) is 1. The second-order valence-corrected chi connectivity index (χ2v) is 8.43. The number of carboxylic acid groups (broad SMARTS) is 1. The summed E-state index contributed by atoms with van der Waals surface area (Å²) in [4.78, 5) is 37.6. The number of fused-ring (bicyclic) bond motifs is 3. The van der Waals surface area contributed by atoms with Gasteiger partial charge in [-0.1, -0.05) is 55.5 Å². The Hall–Kier alpha value is -3.35. The predicted molar refractivity (Wildman–Crippen MR) is 119 cm³/mol. The van der Waals surface area contributed by atoms with Crippen molar-refractivity contribution < 1.29 is 24.2 Å². The van der Waals surface area contributed by atoms with Crippen LogP contribution < -0.4 is 5.32 Å². The van der Waals surface area contributed by atoms with E-state index in [2.05, 4.69) is 29.6 Å².